The first-order valence-electron chi connectivity index (χ1n) is 21.3. The van der Waals surface area contributed by atoms with Crippen molar-refractivity contribution in [1.29, 1.82) is 0 Å². The average molecular weight is 785 g/mol. The molecule has 0 aliphatic rings. The Morgan fingerprint density at radius 1 is 0.258 bits per heavy atom. The summed E-state index contributed by atoms with van der Waals surface area (Å²) in [5.41, 5.74) is 11.4. The SMILES string of the molecule is c1ccc2cc(-c3c4ccccc4c(-c4c5ccccc5c(-c5ccc(-c6ccc7ccc8cccnc8c7n6)c6ccccc56)c5ccccc45)c4ccccc34)ccc2c1. The second-order valence-corrected chi connectivity index (χ2v) is 16.4. The predicted octanol–water partition coefficient (Wildman–Crippen LogP) is 16.4. The summed E-state index contributed by atoms with van der Waals surface area (Å²) in [4.78, 5) is 10.0. The number of nitrogens with zero attached hydrogens (tertiary/aromatic N) is 2. The minimum absolute atomic E-state index is 0.923. The first-order chi connectivity index (χ1) is 30.8. The van der Waals surface area contributed by atoms with Crippen molar-refractivity contribution in [1.82, 2.24) is 9.97 Å². The van der Waals surface area contributed by atoms with Crippen molar-refractivity contribution in [3.05, 3.63) is 219 Å². The number of benzene rings is 11. The highest BCUT2D eigenvalue weighted by molar-refractivity contribution is 6.31. The molecule has 13 rings (SSSR count). The predicted molar refractivity (Wildman–Crippen MR) is 264 cm³/mol. The van der Waals surface area contributed by atoms with Crippen LogP contribution in [-0.4, -0.2) is 9.97 Å². The summed E-state index contributed by atoms with van der Waals surface area (Å²) in [5, 5.41) is 17.0. The quantitative estimate of drug-likeness (QED) is 0.131. The minimum atomic E-state index is 0.923. The topological polar surface area (TPSA) is 25.8 Å². The van der Waals surface area contributed by atoms with E-state index < -0.39 is 0 Å². The third-order valence-electron chi connectivity index (χ3n) is 13.1. The van der Waals surface area contributed by atoms with Gasteiger partial charge in [0.05, 0.1) is 16.7 Å². The van der Waals surface area contributed by atoms with E-state index in [9.17, 15) is 0 Å². The summed E-state index contributed by atoms with van der Waals surface area (Å²) in [6.07, 6.45) is 1.85. The first-order valence-corrected chi connectivity index (χ1v) is 21.3. The zero-order valence-corrected chi connectivity index (χ0v) is 33.7. The van der Waals surface area contributed by atoms with Crippen molar-refractivity contribution in [3.63, 3.8) is 0 Å². The second-order valence-electron chi connectivity index (χ2n) is 16.4. The molecular formula is C60H36N2. The van der Waals surface area contributed by atoms with Crippen molar-refractivity contribution in [2.75, 3.05) is 0 Å². The maximum atomic E-state index is 5.30. The second kappa shape index (κ2) is 13.7. The van der Waals surface area contributed by atoms with Gasteiger partial charge in [0.15, 0.2) is 0 Å². The number of hydrogen-bond acceptors (Lipinski definition) is 2. The van der Waals surface area contributed by atoms with Crippen LogP contribution in [0.4, 0.5) is 0 Å². The van der Waals surface area contributed by atoms with Gasteiger partial charge >= 0.3 is 0 Å². The van der Waals surface area contributed by atoms with Crippen molar-refractivity contribution >= 4 is 86.4 Å². The van der Waals surface area contributed by atoms with E-state index >= 15 is 0 Å². The number of hydrogen-bond donors (Lipinski definition) is 0. The summed E-state index contributed by atoms with van der Waals surface area (Å²) in [7, 11) is 0. The van der Waals surface area contributed by atoms with Crippen LogP contribution in [0.3, 0.4) is 0 Å². The van der Waals surface area contributed by atoms with Gasteiger partial charge in [-0.25, -0.2) is 4.98 Å². The summed E-state index contributed by atoms with van der Waals surface area (Å²) in [6, 6.07) is 77.8. The number of pyridine rings is 2. The van der Waals surface area contributed by atoms with Crippen LogP contribution in [-0.2, 0) is 0 Å². The van der Waals surface area contributed by atoms with Gasteiger partial charge in [-0.1, -0.05) is 194 Å². The molecule has 0 radical (unpaired) electrons. The Bertz CT molecular complexity index is 3880. The Morgan fingerprint density at radius 3 is 1.27 bits per heavy atom. The fourth-order valence-corrected chi connectivity index (χ4v) is 10.4. The highest BCUT2D eigenvalue weighted by Crippen LogP contribution is 2.51. The van der Waals surface area contributed by atoms with Gasteiger partial charge < -0.3 is 0 Å². The van der Waals surface area contributed by atoms with Crippen LogP contribution in [0.1, 0.15) is 0 Å². The van der Waals surface area contributed by atoms with E-state index in [2.05, 4.69) is 206 Å². The van der Waals surface area contributed by atoms with Crippen molar-refractivity contribution < 1.29 is 0 Å². The molecule has 62 heavy (non-hydrogen) atoms. The van der Waals surface area contributed by atoms with E-state index in [0.29, 0.717) is 0 Å². The smallest absolute Gasteiger partial charge is 0.0972 e. The first kappa shape index (κ1) is 34.6. The monoisotopic (exact) mass is 784 g/mol. The van der Waals surface area contributed by atoms with Crippen molar-refractivity contribution in [3.8, 4) is 44.6 Å². The normalized spacial score (nSPS) is 11.9. The molecule has 13 aromatic rings. The molecule has 0 saturated heterocycles. The fraction of sp³-hybridized carbons (Fsp3) is 0. The largest absolute Gasteiger partial charge is 0.254 e. The van der Waals surface area contributed by atoms with Gasteiger partial charge in [0, 0.05) is 22.5 Å². The van der Waals surface area contributed by atoms with E-state index in [1.807, 2.05) is 12.3 Å². The van der Waals surface area contributed by atoms with Gasteiger partial charge in [-0.05, 0) is 116 Å². The Hall–Kier alpha value is -8.20. The van der Waals surface area contributed by atoms with Crippen LogP contribution in [0.5, 0.6) is 0 Å². The molecule has 0 unspecified atom stereocenters. The average Bonchev–Trinajstić information content (AvgIpc) is 3.34. The molecule has 2 nitrogen and oxygen atoms in total. The van der Waals surface area contributed by atoms with E-state index in [0.717, 1.165) is 33.1 Å². The molecule has 11 aromatic carbocycles. The molecule has 0 aliphatic heterocycles. The van der Waals surface area contributed by atoms with Gasteiger partial charge in [0.2, 0.25) is 0 Å². The molecule has 0 spiro atoms. The lowest BCUT2D eigenvalue weighted by Crippen LogP contribution is -1.95. The molecule has 0 amide bonds. The minimum Gasteiger partial charge on any atom is -0.254 e. The number of aromatic nitrogens is 2. The van der Waals surface area contributed by atoms with Crippen molar-refractivity contribution in [2.24, 2.45) is 0 Å². The highest BCUT2D eigenvalue weighted by atomic mass is 14.8. The summed E-state index contributed by atoms with van der Waals surface area (Å²) < 4.78 is 0. The third kappa shape index (κ3) is 5.17. The number of rotatable bonds is 4. The lowest BCUT2D eigenvalue weighted by Gasteiger charge is -2.23. The van der Waals surface area contributed by atoms with Crippen LogP contribution in [0.25, 0.3) is 131 Å². The van der Waals surface area contributed by atoms with E-state index in [1.54, 1.807) is 0 Å². The molecule has 0 bridgehead atoms. The molecule has 0 N–H and O–H groups in total. The molecule has 2 heterocycles. The van der Waals surface area contributed by atoms with Gasteiger partial charge in [-0.2, -0.15) is 0 Å². The van der Waals surface area contributed by atoms with Crippen LogP contribution in [0, 0.1) is 0 Å². The van der Waals surface area contributed by atoms with Crippen LogP contribution < -0.4 is 0 Å². The van der Waals surface area contributed by atoms with Gasteiger partial charge in [-0.3, -0.25) is 4.98 Å². The zero-order chi connectivity index (χ0) is 40.7. The maximum Gasteiger partial charge on any atom is 0.0972 e. The molecule has 0 aliphatic carbocycles. The lowest BCUT2D eigenvalue weighted by atomic mass is 9.80. The zero-order valence-electron chi connectivity index (χ0n) is 33.7. The lowest BCUT2D eigenvalue weighted by molar-refractivity contribution is 1.37. The van der Waals surface area contributed by atoms with Crippen LogP contribution in [0.2, 0.25) is 0 Å². The standard InChI is InChI=1S/C60H36N2/c1-2-15-40-36-41(30-27-37(40)14-1)55-45-19-5-9-23-49(45)57(50-24-10-6-20-46(50)55)58-51-25-11-7-21-47(51)56(48-22-8-12-26-52(48)58)53-33-32-44(42-17-3-4-18-43(42)53)54-34-31-39-29-28-38-16-13-35-61-59(38)60(39)62-54/h1-36H. The Balaban J connectivity index is 1.09. The Labute approximate surface area is 358 Å². The molecular weight excluding hydrogens is 749 g/mol. The van der Waals surface area contributed by atoms with E-state index in [-0.39, 0.29) is 0 Å². The molecule has 0 saturated carbocycles. The molecule has 2 heteroatoms. The van der Waals surface area contributed by atoms with Crippen LogP contribution in [0.15, 0.2) is 219 Å². The molecule has 0 atom stereocenters. The number of fused-ring (bicyclic) bond motifs is 9. The van der Waals surface area contributed by atoms with E-state index in [1.165, 1.54) is 98.0 Å². The van der Waals surface area contributed by atoms with Crippen LogP contribution >= 0.6 is 0 Å². The third-order valence-corrected chi connectivity index (χ3v) is 13.1. The van der Waals surface area contributed by atoms with Gasteiger partial charge in [-0.15, -0.1) is 0 Å². The summed E-state index contributed by atoms with van der Waals surface area (Å²) >= 11 is 0. The van der Waals surface area contributed by atoms with Gasteiger partial charge in [0.1, 0.15) is 0 Å². The fourth-order valence-electron chi connectivity index (χ4n) is 10.4. The molecule has 0 fully saturated rings. The maximum absolute atomic E-state index is 5.30. The Morgan fingerprint density at radius 2 is 0.677 bits per heavy atom. The molecule has 286 valence electrons. The van der Waals surface area contributed by atoms with Crippen molar-refractivity contribution in [2.45, 2.75) is 0 Å². The van der Waals surface area contributed by atoms with E-state index in [4.69, 9.17) is 9.97 Å². The highest BCUT2D eigenvalue weighted by Gasteiger charge is 2.23. The molecule has 2 aromatic heterocycles. The summed E-state index contributed by atoms with van der Waals surface area (Å²) in [5.74, 6) is 0. The Kier molecular flexibility index (Phi) is 7.64. The van der Waals surface area contributed by atoms with Gasteiger partial charge in [0.25, 0.3) is 0 Å². The summed E-state index contributed by atoms with van der Waals surface area (Å²) in [6.45, 7) is 0.